The fourth-order valence-electron chi connectivity index (χ4n) is 8.77. The smallest absolute Gasteiger partial charge is 0.187 e. The molecule has 0 unspecified atom stereocenters. The molecule has 8 aromatic carbocycles. The van der Waals surface area contributed by atoms with E-state index < -0.39 is 5.41 Å². The van der Waals surface area contributed by atoms with Gasteiger partial charge in [-0.05, 0) is 68.8 Å². The van der Waals surface area contributed by atoms with Crippen LogP contribution in [0.2, 0.25) is 0 Å². The minimum Gasteiger partial charge on any atom is -0.457 e. The van der Waals surface area contributed by atoms with E-state index in [4.69, 9.17) is 26.3 Å². The third-order valence-corrected chi connectivity index (χ3v) is 11.4. The van der Waals surface area contributed by atoms with Gasteiger partial charge in [-0.15, -0.1) is 0 Å². The van der Waals surface area contributed by atoms with Gasteiger partial charge in [0.1, 0.15) is 11.5 Å². The van der Waals surface area contributed by atoms with E-state index in [0.717, 1.165) is 61.6 Å². The molecule has 0 amide bonds. The van der Waals surface area contributed by atoms with Gasteiger partial charge < -0.3 is 4.74 Å². The van der Waals surface area contributed by atoms with Crippen LogP contribution in [0.25, 0.3) is 72.4 Å². The van der Waals surface area contributed by atoms with Gasteiger partial charge in [0, 0.05) is 27.8 Å². The van der Waals surface area contributed by atoms with E-state index in [9.17, 15) is 0 Å². The second kappa shape index (κ2) is 13.4. The Bertz CT molecular complexity index is 3050. The van der Waals surface area contributed by atoms with Gasteiger partial charge in [0.2, 0.25) is 0 Å². The summed E-state index contributed by atoms with van der Waals surface area (Å²) in [5, 5.41) is 0. The van der Waals surface area contributed by atoms with E-state index in [2.05, 4.69) is 132 Å². The zero-order valence-electron chi connectivity index (χ0n) is 31.2. The van der Waals surface area contributed by atoms with E-state index in [1.165, 1.54) is 22.3 Å². The van der Waals surface area contributed by atoms with E-state index in [1.54, 1.807) is 0 Å². The number of aromatic nitrogens is 3. The summed E-state index contributed by atoms with van der Waals surface area (Å²) in [5.41, 5.74) is 14.1. The van der Waals surface area contributed by atoms with Gasteiger partial charge in [-0.3, -0.25) is 0 Å². The first-order valence-electron chi connectivity index (χ1n) is 19.3. The molecule has 270 valence electrons. The quantitative estimate of drug-likeness (QED) is 0.165. The van der Waals surface area contributed by atoms with Crippen molar-refractivity contribution in [2.24, 2.45) is 0 Å². The summed E-state index contributed by atoms with van der Waals surface area (Å²) in [5.74, 6) is 3.52. The lowest BCUT2D eigenvalue weighted by molar-refractivity contribution is 0.436. The summed E-state index contributed by atoms with van der Waals surface area (Å²) < 4.78 is 6.57. The Morgan fingerprint density at radius 2 is 0.828 bits per heavy atom. The summed E-state index contributed by atoms with van der Waals surface area (Å²) in [6.45, 7) is 7.27. The molecule has 1 aromatic heterocycles. The van der Waals surface area contributed by atoms with Gasteiger partial charge in [-0.1, -0.05) is 170 Å². The summed E-state index contributed by atoms with van der Waals surface area (Å²) in [6.07, 6.45) is 0. The molecule has 1 aliphatic carbocycles. The van der Waals surface area contributed by atoms with Crippen LogP contribution in [0, 0.1) is 6.57 Å². The van der Waals surface area contributed by atoms with Crippen molar-refractivity contribution in [1.82, 2.24) is 15.0 Å². The molecule has 9 aromatic rings. The largest absolute Gasteiger partial charge is 0.457 e. The number of hydrogen-bond donors (Lipinski definition) is 0. The lowest BCUT2D eigenvalue weighted by Crippen LogP contribution is -2.32. The van der Waals surface area contributed by atoms with Crippen molar-refractivity contribution in [1.29, 1.82) is 0 Å². The van der Waals surface area contributed by atoms with Crippen LogP contribution < -0.4 is 4.74 Å². The van der Waals surface area contributed by atoms with Crippen LogP contribution in [-0.2, 0) is 5.41 Å². The molecule has 0 saturated carbocycles. The standard InChI is InChI=1S/C53H32N4O/c1-54-41-29-26-35(27-30-41)34-22-24-36(25-23-34)38-14-11-15-39(32-38)51-55-50(37-12-3-2-4-13-37)56-52(57-51)40-28-31-43-42-16-5-6-17-44(42)53(47(43)33-40)45-18-7-9-20-48(45)58-49-21-10-8-19-46(49)53/h2-33H. The van der Waals surface area contributed by atoms with Crippen molar-refractivity contribution in [3.05, 3.63) is 228 Å². The molecule has 1 spiro atoms. The van der Waals surface area contributed by atoms with Crippen molar-refractivity contribution in [2.45, 2.75) is 5.41 Å². The predicted octanol–water partition coefficient (Wildman–Crippen LogP) is 13.2. The zero-order chi connectivity index (χ0) is 38.6. The van der Waals surface area contributed by atoms with E-state index >= 15 is 0 Å². The highest BCUT2D eigenvalue weighted by Gasteiger charge is 2.51. The minimum absolute atomic E-state index is 0.600. The average molecular weight is 741 g/mol. The normalized spacial score (nSPS) is 12.7. The van der Waals surface area contributed by atoms with Crippen molar-refractivity contribution in [3.8, 4) is 79.0 Å². The van der Waals surface area contributed by atoms with Crippen molar-refractivity contribution in [2.75, 3.05) is 0 Å². The van der Waals surface area contributed by atoms with Crippen LogP contribution >= 0.6 is 0 Å². The van der Waals surface area contributed by atoms with Gasteiger partial charge in [-0.2, -0.15) is 0 Å². The molecular weight excluding hydrogens is 709 g/mol. The molecule has 0 saturated heterocycles. The first kappa shape index (κ1) is 33.4. The summed E-state index contributed by atoms with van der Waals surface area (Å²) in [7, 11) is 0. The first-order chi connectivity index (χ1) is 28.7. The molecule has 5 heteroatoms. The Kier molecular flexibility index (Phi) is 7.70. The van der Waals surface area contributed by atoms with Crippen LogP contribution in [0.4, 0.5) is 5.69 Å². The monoisotopic (exact) mass is 740 g/mol. The molecule has 1 aliphatic heterocycles. The maximum Gasteiger partial charge on any atom is 0.187 e. The molecule has 0 N–H and O–H groups in total. The van der Waals surface area contributed by atoms with Crippen molar-refractivity contribution < 1.29 is 4.74 Å². The number of benzene rings is 8. The van der Waals surface area contributed by atoms with Crippen LogP contribution in [0.3, 0.4) is 0 Å². The topological polar surface area (TPSA) is 52.3 Å². The molecular formula is C53H32N4O. The Morgan fingerprint density at radius 3 is 1.48 bits per heavy atom. The Labute approximate surface area is 336 Å². The highest BCUT2D eigenvalue weighted by atomic mass is 16.5. The molecule has 2 aliphatic rings. The molecule has 5 nitrogen and oxygen atoms in total. The number of para-hydroxylation sites is 2. The van der Waals surface area contributed by atoms with Gasteiger partial charge in [0.25, 0.3) is 0 Å². The second-order valence-electron chi connectivity index (χ2n) is 14.6. The SMILES string of the molecule is [C-]#[N+]c1ccc(-c2ccc(-c3cccc(-c4nc(-c5ccccc5)nc(-c5ccc6c(c5)C5(c7ccccc7Oc7ccccc75)c5ccccc5-6)n4)c3)cc2)cc1. The Morgan fingerprint density at radius 1 is 0.362 bits per heavy atom. The number of ether oxygens (including phenoxy) is 1. The molecule has 0 fully saturated rings. The van der Waals surface area contributed by atoms with Crippen LogP contribution in [0.1, 0.15) is 22.3 Å². The van der Waals surface area contributed by atoms with Gasteiger partial charge in [-0.25, -0.2) is 19.8 Å². The number of hydrogen-bond acceptors (Lipinski definition) is 4. The van der Waals surface area contributed by atoms with Crippen LogP contribution in [0.15, 0.2) is 194 Å². The highest BCUT2D eigenvalue weighted by molar-refractivity contribution is 5.90. The molecule has 58 heavy (non-hydrogen) atoms. The molecule has 11 rings (SSSR count). The fraction of sp³-hybridized carbons (Fsp3) is 0.0189. The van der Waals surface area contributed by atoms with E-state index in [-0.39, 0.29) is 0 Å². The molecule has 0 atom stereocenters. The summed E-state index contributed by atoms with van der Waals surface area (Å²) in [4.78, 5) is 19.0. The highest BCUT2D eigenvalue weighted by Crippen LogP contribution is 2.62. The molecule has 2 heterocycles. The number of fused-ring (bicyclic) bond motifs is 9. The molecule has 0 radical (unpaired) electrons. The van der Waals surface area contributed by atoms with Crippen LogP contribution in [0.5, 0.6) is 11.5 Å². The maximum atomic E-state index is 7.27. The van der Waals surface area contributed by atoms with Crippen LogP contribution in [-0.4, -0.2) is 15.0 Å². The molecule has 0 bridgehead atoms. The first-order valence-corrected chi connectivity index (χ1v) is 19.3. The Hall–Kier alpha value is -7.94. The summed E-state index contributed by atoms with van der Waals surface area (Å²) in [6, 6.07) is 67.0. The van der Waals surface area contributed by atoms with Crippen molar-refractivity contribution in [3.63, 3.8) is 0 Å². The fourth-order valence-corrected chi connectivity index (χ4v) is 8.77. The van der Waals surface area contributed by atoms with Gasteiger partial charge in [0.15, 0.2) is 23.2 Å². The van der Waals surface area contributed by atoms with Gasteiger partial charge >= 0.3 is 0 Å². The third-order valence-electron chi connectivity index (χ3n) is 11.4. The van der Waals surface area contributed by atoms with Gasteiger partial charge in [0.05, 0.1) is 12.0 Å². The number of nitrogens with zero attached hydrogens (tertiary/aromatic N) is 4. The Balaban J connectivity index is 1.06. The zero-order valence-corrected chi connectivity index (χ0v) is 31.2. The second-order valence-corrected chi connectivity index (χ2v) is 14.6. The minimum atomic E-state index is -0.601. The lowest BCUT2D eigenvalue weighted by atomic mass is 9.66. The van der Waals surface area contributed by atoms with Crippen molar-refractivity contribution >= 4 is 5.69 Å². The third kappa shape index (κ3) is 5.27. The van der Waals surface area contributed by atoms with E-state index in [0.29, 0.717) is 23.2 Å². The van der Waals surface area contributed by atoms with E-state index in [1.807, 2.05) is 66.7 Å². The number of rotatable bonds is 5. The summed E-state index contributed by atoms with van der Waals surface area (Å²) >= 11 is 0. The average Bonchev–Trinajstić information content (AvgIpc) is 3.59. The predicted molar refractivity (Wildman–Crippen MR) is 231 cm³/mol. The lowest BCUT2D eigenvalue weighted by Gasteiger charge is -2.39. The maximum absolute atomic E-state index is 7.27.